The van der Waals surface area contributed by atoms with Crippen LogP contribution in [-0.2, 0) is 6.54 Å². The average Bonchev–Trinajstić information content (AvgIpc) is 3.49. The fraction of sp³-hybridized carbons (Fsp3) is 0.0417. The Labute approximate surface area is 188 Å². The molecule has 5 rings (SSSR count). The van der Waals surface area contributed by atoms with Gasteiger partial charge in [-0.2, -0.15) is 5.10 Å². The Bertz CT molecular complexity index is 1360. The van der Waals surface area contributed by atoms with Gasteiger partial charge in [0.2, 0.25) is 5.78 Å². The molecule has 5 aromatic rings. The first-order chi connectivity index (χ1) is 15.2. The summed E-state index contributed by atoms with van der Waals surface area (Å²) in [5.41, 5.74) is 5.03. The molecule has 0 spiro atoms. The van der Waals surface area contributed by atoms with Crippen LogP contribution in [0, 0.1) is 0 Å². The molecule has 2 aromatic carbocycles. The van der Waals surface area contributed by atoms with E-state index in [1.165, 1.54) is 11.3 Å². The van der Waals surface area contributed by atoms with E-state index >= 15 is 0 Å². The Morgan fingerprint density at radius 1 is 1.06 bits per heavy atom. The van der Waals surface area contributed by atoms with Crippen LogP contribution in [0.1, 0.15) is 20.8 Å². The van der Waals surface area contributed by atoms with E-state index in [2.05, 4.69) is 21.5 Å². The van der Waals surface area contributed by atoms with Crippen LogP contribution in [-0.4, -0.2) is 20.4 Å². The Morgan fingerprint density at radius 3 is 2.74 bits per heavy atom. The lowest BCUT2D eigenvalue weighted by Gasteiger charge is -2.10. The molecule has 3 aromatic heterocycles. The molecule has 7 heteroatoms. The van der Waals surface area contributed by atoms with Crippen molar-refractivity contribution in [2.75, 3.05) is 5.32 Å². The largest absolute Gasteiger partial charge is 0.381 e. The third kappa shape index (κ3) is 3.95. The molecule has 0 radical (unpaired) electrons. The number of carbonyl (C=O) groups is 1. The van der Waals surface area contributed by atoms with Crippen molar-refractivity contribution in [2.24, 2.45) is 0 Å². The van der Waals surface area contributed by atoms with Crippen LogP contribution < -0.4 is 5.32 Å². The number of hydrogen-bond acceptors (Lipinski definition) is 5. The highest BCUT2D eigenvalue weighted by Crippen LogP contribution is 2.25. The van der Waals surface area contributed by atoms with Gasteiger partial charge in [-0.1, -0.05) is 41.9 Å². The van der Waals surface area contributed by atoms with Crippen molar-refractivity contribution in [3.8, 4) is 11.3 Å². The summed E-state index contributed by atoms with van der Waals surface area (Å²) >= 11 is 7.38. The molecule has 0 aliphatic heterocycles. The zero-order chi connectivity index (χ0) is 21.2. The molecule has 0 saturated carbocycles. The highest BCUT2D eigenvalue weighted by Gasteiger charge is 2.18. The molecule has 152 valence electrons. The number of nitrogens with one attached hydrogen (secondary N) is 1. The Morgan fingerprint density at radius 2 is 1.94 bits per heavy atom. The predicted molar refractivity (Wildman–Crippen MR) is 125 cm³/mol. The monoisotopic (exact) mass is 444 g/mol. The molecule has 0 atom stereocenters. The number of rotatable bonds is 6. The SMILES string of the molecule is O=C(c1cccs1)c1cnn2c(-c3cccc(NCc4ccc(Cl)cc4)c3)ccnc12. The van der Waals surface area contributed by atoms with Crippen molar-refractivity contribution in [1.29, 1.82) is 0 Å². The van der Waals surface area contributed by atoms with Gasteiger partial charge in [-0.3, -0.25) is 4.79 Å². The molecule has 0 unspecified atom stereocenters. The second-order valence-corrected chi connectivity index (χ2v) is 8.38. The van der Waals surface area contributed by atoms with E-state index in [1.54, 1.807) is 16.9 Å². The van der Waals surface area contributed by atoms with E-state index in [0.717, 1.165) is 27.5 Å². The molecule has 0 amide bonds. The Hall–Kier alpha value is -3.48. The van der Waals surface area contributed by atoms with Crippen molar-refractivity contribution in [2.45, 2.75) is 6.54 Å². The second-order valence-electron chi connectivity index (χ2n) is 6.99. The maximum Gasteiger partial charge on any atom is 0.208 e. The smallest absolute Gasteiger partial charge is 0.208 e. The summed E-state index contributed by atoms with van der Waals surface area (Å²) in [7, 11) is 0. The molecule has 3 heterocycles. The third-order valence-electron chi connectivity index (χ3n) is 4.96. The van der Waals surface area contributed by atoms with E-state index in [9.17, 15) is 4.79 Å². The summed E-state index contributed by atoms with van der Waals surface area (Å²) in [4.78, 5) is 17.9. The van der Waals surface area contributed by atoms with Crippen molar-refractivity contribution >= 4 is 40.1 Å². The average molecular weight is 445 g/mol. The first-order valence-electron chi connectivity index (χ1n) is 9.69. The van der Waals surface area contributed by atoms with Gasteiger partial charge in [0.05, 0.1) is 22.3 Å². The maximum absolute atomic E-state index is 12.8. The minimum atomic E-state index is -0.0620. The fourth-order valence-electron chi connectivity index (χ4n) is 3.41. The lowest BCUT2D eigenvalue weighted by atomic mass is 10.1. The molecule has 5 nitrogen and oxygen atoms in total. The normalized spacial score (nSPS) is 11.0. The summed E-state index contributed by atoms with van der Waals surface area (Å²) in [6.45, 7) is 0.688. The number of benzene rings is 2. The number of hydrogen-bond donors (Lipinski definition) is 1. The van der Waals surface area contributed by atoms with Crippen LogP contribution in [0.25, 0.3) is 16.9 Å². The minimum Gasteiger partial charge on any atom is -0.381 e. The van der Waals surface area contributed by atoms with E-state index in [1.807, 2.05) is 66.0 Å². The fourth-order valence-corrected chi connectivity index (χ4v) is 4.21. The zero-order valence-corrected chi connectivity index (χ0v) is 17.9. The molecule has 0 fully saturated rings. The van der Waals surface area contributed by atoms with Crippen molar-refractivity contribution in [3.05, 3.63) is 106 Å². The molecule has 0 saturated heterocycles. The van der Waals surface area contributed by atoms with Gasteiger partial charge in [-0.25, -0.2) is 9.50 Å². The summed E-state index contributed by atoms with van der Waals surface area (Å²) < 4.78 is 1.72. The molecular formula is C24H17ClN4OS. The lowest BCUT2D eigenvalue weighted by molar-refractivity contribution is 0.104. The van der Waals surface area contributed by atoms with Crippen LogP contribution in [0.15, 0.2) is 84.5 Å². The summed E-state index contributed by atoms with van der Waals surface area (Å²) in [5, 5.41) is 10.5. The van der Waals surface area contributed by atoms with Gasteiger partial charge in [0.1, 0.15) is 0 Å². The van der Waals surface area contributed by atoms with Gasteiger partial charge in [0.15, 0.2) is 5.65 Å². The molecule has 1 N–H and O–H groups in total. The lowest BCUT2D eigenvalue weighted by Crippen LogP contribution is -2.02. The molecule has 0 aliphatic rings. The molecular weight excluding hydrogens is 428 g/mol. The van der Waals surface area contributed by atoms with Crippen molar-refractivity contribution < 1.29 is 4.79 Å². The summed E-state index contributed by atoms with van der Waals surface area (Å²) in [6.07, 6.45) is 3.31. The van der Waals surface area contributed by atoms with Crippen LogP contribution in [0.5, 0.6) is 0 Å². The quantitative estimate of drug-likeness (QED) is 0.328. The van der Waals surface area contributed by atoms with E-state index in [0.29, 0.717) is 22.6 Å². The zero-order valence-electron chi connectivity index (χ0n) is 16.3. The van der Waals surface area contributed by atoms with Crippen LogP contribution in [0.2, 0.25) is 5.02 Å². The molecule has 31 heavy (non-hydrogen) atoms. The number of halogens is 1. The van der Waals surface area contributed by atoms with Crippen LogP contribution >= 0.6 is 22.9 Å². The number of fused-ring (bicyclic) bond motifs is 1. The topological polar surface area (TPSA) is 59.3 Å². The van der Waals surface area contributed by atoms with Crippen LogP contribution in [0.3, 0.4) is 0 Å². The molecule has 0 aliphatic carbocycles. The van der Waals surface area contributed by atoms with E-state index in [-0.39, 0.29) is 5.78 Å². The summed E-state index contributed by atoms with van der Waals surface area (Å²) in [5.74, 6) is -0.0620. The van der Waals surface area contributed by atoms with E-state index in [4.69, 9.17) is 11.6 Å². The minimum absolute atomic E-state index is 0.0620. The van der Waals surface area contributed by atoms with Crippen LogP contribution in [0.4, 0.5) is 5.69 Å². The standard InChI is InChI=1S/C24H17ClN4OS/c25-18-8-6-16(7-9-18)14-27-19-4-1-3-17(13-19)21-10-11-26-24-20(15-28-29(21)24)23(30)22-5-2-12-31-22/h1-13,15,27H,14H2. The first-order valence-corrected chi connectivity index (χ1v) is 10.9. The predicted octanol–water partition coefficient (Wildman–Crippen LogP) is 5.95. The highest BCUT2D eigenvalue weighted by molar-refractivity contribution is 7.12. The number of ketones is 1. The maximum atomic E-state index is 12.8. The first kappa shape index (κ1) is 19.5. The van der Waals surface area contributed by atoms with Gasteiger partial charge in [-0.15, -0.1) is 11.3 Å². The number of nitrogens with zero attached hydrogens (tertiary/aromatic N) is 3. The van der Waals surface area contributed by atoms with Gasteiger partial charge in [0, 0.05) is 29.0 Å². The number of thiophene rings is 1. The van der Waals surface area contributed by atoms with Crippen molar-refractivity contribution in [3.63, 3.8) is 0 Å². The number of aromatic nitrogens is 3. The van der Waals surface area contributed by atoms with Gasteiger partial charge in [-0.05, 0) is 47.3 Å². The highest BCUT2D eigenvalue weighted by atomic mass is 35.5. The van der Waals surface area contributed by atoms with Gasteiger partial charge in [0.25, 0.3) is 0 Å². The van der Waals surface area contributed by atoms with E-state index < -0.39 is 0 Å². The molecule has 0 bridgehead atoms. The Kier molecular flexibility index (Phi) is 5.24. The van der Waals surface area contributed by atoms with Gasteiger partial charge < -0.3 is 5.32 Å². The third-order valence-corrected chi connectivity index (χ3v) is 6.08. The van der Waals surface area contributed by atoms with Gasteiger partial charge >= 0.3 is 0 Å². The Balaban J connectivity index is 1.45. The number of anilines is 1. The number of carbonyl (C=O) groups excluding carboxylic acids is 1. The summed E-state index contributed by atoms with van der Waals surface area (Å²) in [6, 6.07) is 21.4. The second kappa shape index (κ2) is 8.34. The van der Waals surface area contributed by atoms with Crippen molar-refractivity contribution in [1.82, 2.24) is 14.6 Å².